The number of nitrogens with zero attached hydrogens (tertiary/aromatic N) is 1. The Morgan fingerprint density at radius 2 is 2.00 bits per heavy atom. The summed E-state index contributed by atoms with van der Waals surface area (Å²) in [5, 5.41) is 0. The van der Waals surface area contributed by atoms with Crippen molar-refractivity contribution in [2.75, 3.05) is 20.1 Å². The SMILES string of the molecule is CC1CCCC(N(C)CC(CN)c2ccccc2)C1. The van der Waals surface area contributed by atoms with E-state index in [0.717, 1.165) is 25.0 Å². The van der Waals surface area contributed by atoms with Crippen molar-refractivity contribution < 1.29 is 0 Å². The zero-order chi connectivity index (χ0) is 13.7. The zero-order valence-corrected chi connectivity index (χ0v) is 12.4. The average molecular weight is 260 g/mol. The molecule has 0 spiro atoms. The summed E-state index contributed by atoms with van der Waals surface area (Å²) in [6.07, 6.45) is 5.49. The van der Waals surface area contributed by atoms with Crippen molar-refractivity contribution in [3.63, 3.8) is 0 Å². The summed E-state index contributed by atoms with van der Waals surface area (Å²) in [7, 11) is 2.27. The van der Waals surface area contributed by atoms with Gasteiger partial charge >= 0.3 is 0 Å². The third kappa shape index (κ3) is 4.05. The molecule has 0 amide bonds. The smallest absolute Gasteiger partial charge is 0.00950 e. The van der Waals surface area contributed by atoms with Gasteiger partial charge in [0.1, 0.15) is 0 Å². The maximum absolute atomic E-state index is 5.98. The first-order chi connectivity index (χ1) is 9.20. The molecule has 1 aliphatic carbocycles. The van der Waals surface area contributed by atoms with E-state index in [4.69, 9.17) is 5.73 Å². The minimum absolute atomic E-state index is 0.462. The molecule has 106 valence electrons. The summed E-state index contributed by atoms with van der Waals surface area (Å²) in [4.78, 5) is 2.54. The second kappa shape index (κ2) is 7.06. The molecule has 2 N–H and O–H groups in total. The molecule has 0 heterocycles. The maximum atomic E-state index is 5.98. The summed E-state index contributed by atoms with van der Waals surface area (Å²) in [6, 6.07) is 11.5. The molecule has 2 heteroatoms. The average Bonchev–Trinajstić information content (AvgIpc) is 2.45. The van der Waals surface area contributed by atoms with Gasteiger partial charge in [-0.05, 0) is 31.4 Å². The van der Waals surface area contributed by atoms with Crippen molar-refractivity contribution in [1.82, 2.24) is 4.90 Å². The second-order valence-electron chi connectivity index (χ2n) is 6.21. The molecule has 2 rings (SSSR count). The summed E-state index contributed by atoms with van der Waals surface area (Å²) in [5.74, 6) is 1.35. The van der Waals surface area contributed by atoms with Crippen LogP contribution in [0.3, 0.4) is 0 Å². The Labute approximate surface area is 118 Å². The molecule has 1 fully saturated rings. The van der Waals surface area contributed by atoms with Crippen molar-refractivity contribution >= 4 is 0 Å². The Morgan fingerprint density at radius 1 is 1.26 bits per heavy atom. The first kappa shape index (κ1) is 14.5. The molecule has 19 heavy (non-hydrogen) atoms. The number of rotatable bonds is 5. The molecule has 0 aromatic heterocycles. The third-order valence-corrected chi connectivity index (χ3v) is 4.60. The topological polar surface area (TPSA) is 29.3 Å². The van der Waals surface area contributed by atoms with Gasteiger partial charge in [0.25, 0.3) is 0 Å². The van der Waals surface area contributed by atoms with Crippen molar-refractivity contribution in [3.05, 3.63) is 35.9 Å². The Bertz CT molecular complexity index is 363. The van der Waals surface area contributed by atoms with Gasteiger partial charge in [-0.25, -0.2) is 0 Å². The lowest BCUT2D eigenvalue weighted by atomic mass is 9.86. The van der Waals surface area contributed by atoms with Gasteiger partial charge in [0.15, 0.2) is 0 Å². The number of hydrogen-bond acceptors (Lipinski definition) is 2. The van der Waals surface area contributed by atoms with E-state index in [0.29, 0.717) is 5.92 Å². The minimum atomic E-state index is 0.462. The van der Waals surface area contributed by atoms with Crippen LogP contribution in [-0.4, -0.2) is 31.1 Å². The van der Waals surface area contributed by atoms with Crippen LogP contribution in [0, 0.1) is 5.92 Å². The first-order valence-corrected chi connectivity index (χ1v) is 7.66. The van der Waals surface area contributed by atoms with Gasteiger partial charge in [0.2, 0.25) is 0 Å². The van der Waals surface area contributed by atoms with Gasteiger partial charge in [0, 0.05) is 25.0 Å². The molecule has 0 aliphatic heterocycles. The number of hydrogen-bond donors (Lipinski definition) is 1. The zero-order valence-electron chi connectivity index (χ0n) is 12.4. The molecule has 3 unspecified atom stereocenters. The van der Waals surface area contributed by atoms with Crippen LogP contribution in [0.1, 0.15) is 44.1 Å². The van der Waals surface area contributed by atoms with Crippen LogP contribution in [0.2, 0.25) is 0 Å². The lowest BCUT2D eigenvalue weighted by molar-refractivity contribution is 0.157. The fourth-order valence-electron chi connectivity index (χ4n) is 3.34. The number of benzene rings is 1. The van der Waals surface area contributed by atoms with Gasteiger partial charge < -0.3 is 10.6 Å². The molecule has 0 bridgehead atoms. The van der Waals surface area contributed by atoms with Crippen molar-refractivity contribution in [2.24, 2.45) is 11.7 Å². The molecule has 1 aromatic carbocycles. The van der Waals surface area contributed by atoms with E-state index in [2.05, 4.69) is 49.2 Å². The van der Waals surface area contributed by atoms with E-state index in [9.17, 15) is 0 Å². The molecule has 3 atom stereocenters. The van der Waals surface area contributed by atoms with Crippen LogP contribution in [0.4, 0.5) is 0 Å². The van der Waals surface area contributed by atoms with E-state index in [1.54, 1.807) is 0 Å². The predicted molar refractivity (Wildman–Crippen MR) is 82.3 cm³/mol. The van der Waals surface area contributed by atoms with Crippen LogP contribution in [0.25, 0.3) is 0 Å². The van der Waals surface area contributed by atoms with Crippen LogP contribution in [-0.2, 0) is 0 Å². The highest BCUT2D eigenvalue weighted by atomic mass is 15.1. The quantitative estimate of drug-likeness (QED) is 0.880. The minimum Gasteiger partial charge on any atom is -0.330 e. The molecular weight excluding hydrogens is 232 g/mol. The molecule has 2 nitrogen and oxygen atoms in total. The van der Waals surface area contributed by atoms with Crippen LogP contribution in [0.5, 0.6) is 0 Å². The normalized spacial score (nSPS) is 25.5. The van der Waals surface area contributed by atoms with E-state index in [1.165, 1.54) is 31.2 Å². The highest BCUT2D eigenvalue weighted by molar-refractivity contribution is 5.20. The Kier molecular flexibility index (Phi) is 5.41. The summed E-state index contributed by atoms with van der Waals surface area (Å²) in [6.45, 7) is 4.20. The highest BCUT2D eigenvalue weighted by Crippen LogP contribution is 2.28. The van der Waals surface area contributed by atoms with Crippen LogP contribution in [0.15, 0.2) is 30.3 Å². The molecule has 0 radical (unpaired) electrons. The van der Waals surface area contributed by atoms with Gasteiger partial charge in [0.05, 0.1) is 0 Å². The van der Waals surface area contributed by atoms with Crippen molar-refractivity contribution in [2.45, 2.75) is 44.6 Å². The van der Waals surface area contributed by atoms with Crippen molar-refractivity contribution in [3.8, 4) is 0 Å². The molecule has 0 saturated heterocycles. The van der Waals surface area contributed by atoms with E-state index in [-0.39, 0.29) is 0 Å². The summed E-state index contributed by atoms with van der Waals surface area (Å²) in [5.41, 5.74) is 7.36. The van der Waals surface area contributed by atoms with Gasteiger partial charge in [-0.2, -0.15) is 0 Å². The van der Waals surface area contributed by atoms with E-state index >= 15 is 0 Å². The Balaban J connectivity index is 1.94. The van der Waals surface area contributed by atoms with Crippen LogP contribution >= 0.6 is 0 Å². The molecule has 1 aromatic rings. The molecular formula is C17H28N2. The van der Waals surface area contributed by atoms with Gasteiger partial charge in [-0.1, -0.05) is 50.1 Å². The standard InChI is InChI=1S/C17H28N2/c1-14-7-6-10-17(11-14)19(2)13-16(12-18)15-8-4-3-5-9-15/h3-5,8-9,14,16-17H,6-7,10-13,18H2,1-2H3. The maximum Gasteiger partial charge on any atom is 0.00950 e. The largest absolute Gasteiger partial charge is 0.330 e. The van der Waals surface area contributed by atoms with Crippen LogP contribution < -0.4 is 5.73 Å². The molecule has 1 aliphatic rings. The monoisotopic (exact) mass is 260 g/mol. The van der Waals surface area contributed by atoms with E-state index in [1.807, 2.05) is 0 Å². The van der Waals surface area contributed by atoms with E-state index < -0.39 is 0 Å². The second-order valence-corrected chi connectivity index (χ2v) is 6.21. The number of likely N-dealkylation sites (N-methyl/N-ethyl adjacent to an activating group) is 1. The summed E-state index contributed by atoms with van der Waals surface area (Å²) < 4.78 is 0. The first-order valence-electron chi connectivity index (χ1n) is 7.66. The van der Waals surface area contributed by atoms with Gasteiger partial charge in [-0.3, -0.25) is 0 Å². The lowest BCUT2D eigenvalue weighted by Gasteiger charge is -2.36. The highest BCUT2D eigenvalue weighted by Gasteiger charge is 2.24. The predicted octanol–water partition coefficient (Wildman–Crippen LogP) is 3.24. The fourth-order valence-corrected chi connectivity index (χ4v) is 3.34. The third-order valence-electron chi connectivity index (χ3n) is 4.60. The van der Waals surface area contributed by atoms with Gasteiger partial charge in [-0.15, -0.1) is 0 Å². The lowest BCUT2D eigenvalue weighted by Crippen LogP contribution is -2.39. The summed E-state index contributed by atoms with van der Waals surface area (Å²) >= 11 is 0. The van der Waals surface area contributed by atoms with Crippen molar-refractivity contribution in [1.29, 1.82) is 0 Å². The number of nitrogens with two attached hydrogens (primary N) is 1. The fraction of sp³-hybridized carbons (Fsp3) is 0.647. The Morgan fingerprint density at radius 3 is 2.63 bits per heavy atom. The molecule has 1 saturated carbocycles. The Hall–Kier alpha value is -0.860.